The van der Waals surface area contributed by atoms with E-state index in [9.17, 15) is 0 Å². The third-order valence-electron chi connectivity index (χ3n) is 19.2. The fourth-order valence-corrected chi connectivity index (χ4v) is 25.7. The molecule has 0 aliphatic rings. The molecule has 6 heterocycles. The van der Waals surface area contributed by atoms with Gasteiger partial charge in [0.1, 0.15) is 0 Å². The average Bonchev–Trinajstić information content (AvgIpc) is 1.13. The zero-order valence-electron chi connectivity index (χ0n) is 56.1. The number of nitrogens with zero attached hydrogens (tertiary/aromatic N) is 2. The van der Waals surface area contributed by atoms with E-state index >= 15 is 9.59 Å². The van der Waals surface area contributed by atoms with Crippen LogP contribution in [0.1, 0.15) is 331 Å². The maximum absolute atomic E-state index is 15.5. The quantitative estimate of drug-likeness (QED) is 0.0282. The van der Waals surface area contributed by atoms with Crippen molar-refractivity contribution >= 4 is 89.4 Å². The Morgan fingerprint density at radius 2 is 0.663 bits per heavy atom. The van der Waals surface area contributed by atoms with Crippen LogP contribution in [-0.4, -0.2) is 79.0 Å². The van der Waals surface area contributed by atoms with E-state index in [-0.39, 0.29) is 11.1 Å². The van der Waals surface area contributed by atoms with Crippen molar-refractivity contribution in [2.24, 2.45) is 11.8 Å². The first-order valence-corrected chi connectivity index (χ1v) is 44.8. The van der Waals surface area contributed by atoms with Gasteiger partial charge >= 0.3 is 356 Å². The van der Waals surface area contributed by atoms with Crippen molar-refractivity contribution in [2.75, 3.05) is 0 Å². The van der Waals surface area contributed by atoms with Gasteiger partial charge in [0.25, 0.3) is 0 Å². The normalized spacial score (nSPS) is 12.7. The number of aromatic nitrogens is 2. The molecule has 0 saturated carbocycles. The van der Waals surface area contributed by atoms with Crippen LogP contribution in [0, 0.1) is 25.7 Å². The minimum atomic E-state index is -0.762. The molecule has 0 N–H and O–H groups in total. The molecule has 0 bridgehead atoms. The second kappa shape index (κ2) is 45.3. The molecule has 6 aromatic heterocycles. The van der Waals surface area contributed by atoms with Crippen molar-refractivity contribution in [3.05, 3.63) is 77.3 Å². The molecule has 482 valence electrons. The summed E-state index contributed by atoms with van der Waals surface area (Å²) in [5.41, 5.74) is 4.09. The van der Waals surface area contributed by atoms with Crippen LogP contribution in [-0.2, 0) is 13.1 Å². The number of hydrogen-bond donors (Lipinski definition) is 0. The molecule has 2 atom stereocenters. The first-order valence-electron chi connectivity index (χ1n) is 36.7. The minimum Gasteiger partial charge on any atom is -0.0654 e. The molecule has 0 aliphatic carbocycles. The van der Waals surface area contributed by atoms with Gasteiger partial charge in [-0.2, -0.15) is 0 Å². The second-order valence-corrected chi connectivity index (χ2v) is 38.5. The first kappa shape index (κ1) is 74.0. The molecule has 2 unspecified atom stereocenters. The molecular weight excluding hydrogens is 1410 g/mol. The summed E-state index contributed by atoms with van der Waals surface area (Å²) in [6.45, 7) is 15.3. The van der Waals surface area contributed by atoms with Gasteiger partial charge in [-0.1, -0.05) is 207 Å². The van der Waals surface area contributed by atoms with Crippen LogP contribution in [0.15, 0.2) is 58.1 Å². The summed E-state index contributed by atoms with van der Waals surface area (Å²) in [5.74, 6) is 1.57. The third-order valence-corrected chi connectivity index (χ3v) is 31.4. The Bertz CT molecular complexity index is 2790. The summed E-state index contributed by atoms with van der Waals surface area (Å²) in [4.78, 5) is 30.8. The van der Waals surface area contributed by atoms with Gasteiger partial charge in [0.05, 0.1) is 0 Å². The standard InChI is InChI=1S/C78H124N2O2Se2Te2/c1-7-11-15-19-23-27-29-33-37-41-49-65(47-39-35-31-25-21-17-13-9-3)51-43-45-57-79-70-61-68(75-55-56-76(86-75)73-62-72-71(84-73)59-63(5)83-72)78(82)80(69(70)60-67(77(79)81)74-54-53-64(6)85-74)58-46-44-52-66(48-40-36-32-26-22-18-14-10-4)50-42-38-34-30-28-24-20-16-12-8-2/h53-56,59-62,65-66H,7-52,57-58H2,1-6H3. The number of rotatable bonds is 53. The molecule has 86 heavy (non-hydrogen) atoms. The molecule has 0 amide bonds. The number of pyridine rings is 2. The molecule has 0 saturated heterocycles. The van der Waals surface area contributed by atoms with E-state index in [1.54, 1.807) is 17.4 Å². The van der Waals surface area contributed by atoms with Crippen LogP contribution in [0.4, 0.5) is 0 Å². The SMILES string of the molecule is CCCCCCCCCCCCC(CCCCCCCCCC)CCCCn1c(=O)c(-c2ccc(C)[te]2)cc2c1cc(-c1ccc(-c3cc4[se]c(C)cc4[se]3)[te]1)c(=O)n2CCCCC(CCCCCCCCCC)CCCCCCCCCCCC. The van der Waals surface area contributed by atoms with Crippen molar-refractivity contribution in [1.82, 2.24) is 9.13 Å². The molecule has 0 aliphatic heterocycles. The van der Waals surface area contributed by atoms with Gasteiger partial charge in [0.2, 0.25) is 0 Å². The molecule has 4 nitrogen and oxygen atoms in total. The van der Waals surface area contributed by atoms with Gasteiger partial charge in [-0.05, 0) is 0 Å². The predicted molar refractivity (Wildman–Crippen MR) is 386 cm³/mol. The van der Waals surface area contributed by atoms with E-state index in [1.165, 1.54) is 284 Å². The third kappa shape index (κ3) is 27.3. The van der Waals surface area contributed by atoms with Crippen LogP contribution < -0.4 is 11.1 Å². The molecule has 8 heteroatoms. The Balaban J connectivity index is 1.22. The van der Waals surface area contributed by atoms with E-state index in [0.29, 0.717) is 29.0 Å². The maximum atomic E-state index is 15.5. The fourth-order valence-electron chi connectivity index (χ4n) is 13.8. The smallest absolute Gasteiger partial charge is 0.0654 e. The van der Waals surface area contributed by atoms with Crippen LogP contribution in [0.2, 0.25) is 0 Å². The van der Waals surface area contributed by atoms with Crippen molar-refractivity contribution in [3.63, 3.8) is 0 Å². The molecule has 0 fully saturated rings. The van der Waals surface area contributed by atoms with Gasteiger partial charge < -0.3 is 0 Å². The Morgan fingerprint density at radius 3 is 1.01 bits per heavy atom. The zero-order valence-corrected chi connectivity index (χ0v) is 64.1. The summed E-state index contributed by atoms with van der Waals surface area (Å²) in [7, 11) is 0. The van der Waals surface area contributed by atoms with E-state index < -0.39 is 40.9 Å². The molecule has 0 spiro atoms. The summed E-state index contributed by atoms with van der Waals surface area (Å²) in [6, 6.07) is 18.6. The minimum absolute atomic E-state index is 0.171. The van der Waals surface area contributed by atoms with E-state index in [2.05, 4.69) is 99.2 Å². The monoisotopic (exact) mass is 1540 g/mol. The van der Waals surface area contributed by atoms with Crippen LogP contribution >= 0.6 is 0 Å². The van der Waals surface area contributed by atoms with Gasteiger partial charge in [0.15, 0.2) is 0 Å². The number of aryl methyl sites for hydroxylation is 4. The van der Waals surface area contributed by atoms with E-state index in [0.717, 1.165) is 72.8 Å². The van der Waals surface area contributed by atoms with Crippen LogP contribution in [0.25, 0.3) is 45.9 Å². The topological polar surface area (TPSA) is 44.0 Å². The Morgan fingerprint density at radius 1 is 0.349 bits per heavy atom. The average molecular weight is 1530 g/mol. The van der Waals surface area contributed by atoms with Gasteiger partial charge in [-0.3, -0.25) is 0 Å². The summed E-state index contributed by atoms with van der Waals surface area (Å²) in [5, 5.41) is 0. The summed E-state index contributed by atoms with van der Waals surface area (Å²) >= 11 is -0.554. The Hall–Kier alpha value is -1.04. The molecular formula is C78H124N2O2Se2Te2. The molecule has 0 aromatic carbocycles. The number of fused-ring (bicyclic) bond motifs is 2. The first-order chi connectivity index (χ1) is 42.2. The second-order valence-electron chi connectivity index (χ2n) is 26.8. The van der Waals surface area contributed by atoms with Crippen molar-refractivity contribution in [1.29, 1.82) is 0 Å². The van der Waals surface area contributed by atoms with Gasteiger partial charge in [0, 0.05) is 0 Å². The van der Waals surface area contributed by atoms with Crippen LogP contribution in [0.3, 0.4) is 0 Å². The van der Waals surface area contributed by atoms with E-state index in [1.807, 2.05) is 0 Å². The number of hydrogen-bond acceptors (Lipinski definition) is 2. The van der Waals surface area contributed by atoms with Gasteiger partial charge in [-0.15, -0.1) is 0 Å². The molecule has 6 rings (SSSR count). The predicted octanol–water partition coefficient (Wildman–Crippen LogP) is 23.4. The van der Waals surface area contributed by atoms with Crippen molar-refractivity contribution < 1.29 is 0 Å². The van der Waals surface area contributed by atoms with Crippen molar-refractivity contribution in [2.45, 2.75) is 350 Å². The number of unbranched alkanes of at least 4 members (excludes halogenated alkanes) is 34. The molecule has 6 aromatic rings. The summed E-state index contributed by atoms with van der Waals surface area (Å²) in [6.07, 6.45) is 62.5. The summed E-state index contributed by atoms with van der Waals surface area (Å²) < 4.78 is 16.1. The zero-order chi connectivity index (χ0) is 60.8. The van der Waals surface area contributed by atoms with E-state index in [4.69, 9.17) is 0 Å². The Labute approximate surface area is 558 Å². The fraction of sp³-hybridized carbons (Fsp3) is 0.718. The molecule has 0 radical (unpaired) electrons. The van der Waals surface area contributed by atoms with Gasteiger partial charge in [-0.25, -0.2) is 0 Å². The van der Waals surface area contributed by atoms with Crippen molar-refractivity contribution in [3.8, 4) is 26.3 Å². The van der Waals surface area contributed by atoms with Crippen LogP contribution in [0.5, 0.6) is 0 Å². The Kier molecular flexibility index (Phi) is 39.0.